The van der Waals surface area contributed by atoms with Gasteiger partial charge in [-0.05, 0) is 19.8 Å². The lowest BCUT2D eigenvalue weighted by molar-refractivity contribution is -0.144. The van der Waals surface area contributed by atoms with Crippen molar-refractivity contribution in [2.45, 2.75) is 39.8 Å². The van der Waals surface area contributed by atoms with Crippen LogP contribution in [0.15, 0.2) is 0 Å². The smallest absolute Gasteiger partial charge is 0.328 e. The van der Waals surface area contributed by atoms with Gasteiger partial charge in [-0.25, -0.2) is 9.59 Å². The van der Waals surface area contributed by atoms with E-state index in [1.54, 1.807) is 4.90 Å². The van der Waals surface area contributed by atoms with Crippen LogP contribution in [0.5, 0.6) is 0 Å². The Morgan fingerprint density at radius 3 is 2.45 bits per heavy atom. The van der Waals surface area contributed by atoms with Gasteiger partial charge in [0.1, 0.15) is 12.6 Å². The highest BCUT2D eigenvalue weighted by Gasteiger charge is 2.37. The van der Waals surface area contributed by atoms with Crippen molar-refractivity contribution in [3.05, 3.63) is 0 Å². The van der Waals surface area contributed by atoms with E-state index >= 15 is 0 Å². The van der Waals surface area contributed by atoms with Crippen LogP contribution < -0.4 is 5.32 Å². The Morgan fingerprint density at radius 2 is 2.00 bits per heavy atom. The van der Waals surface area contributed by atoms with Crippen LogP contribution in [0.25, 0.3) is 0 Å². The molecule has 7 heteroatoms. The quantitative estimate of drug-likeness (QED) is 0.780. The Labute approximate surface area is 118 Å². The summed E-state index contributed by atoms with van der Waals surface area (Å²) in [4.78, 5) is 38.0. The number of carboxylic acid groups (broad SMARTS) is 1. The number of carbonyl (C=O) groups excluding carboxylic acids is 2. The third kappa shape index (κ3) is 3.85. The number of hydrogen-bond donors (Lipinski definition) is 2. The number of nitrogens with one attached hydrogen (secondary N) is 1. The molecule has 1 atom stereocenters. The first-order valence-electron chi connectivity index (χ1n) is 6.80. The summed E-state index contributed by atoms with van der Waals surface area (Å²) in [5.41, 5.74) is 0. The zero-order valence-corrected chi connectivity index (χ0v) is 12.4. The maximum Gasteiger partial charge on any atom is 0.328 e. The Hall–Kier alpha value is -1.79. The number of hydrogen-bond acceptors (Lipinski definition) is 3. The van der Waals surface area contributed by atoms with E-state index in [4.69, 9.17) is 0 Å². The van der Waals surface area contributed by atoms with Crippen LogP contribution in [0, 0.1) is 5.92 Å². The molecule has 1 saturated heterocycles. The van der Waals surface area contributed by atoms with E-state index in [0.29, 0.717) is 6.54 Å². The first-order valence-corrected chi connectivity index (χ1v) is 6.80. The SMILES string of the molecule is CC(C)CN(C(=O)N1CC(=O)NCC1C(=O)O)C(C)C. The van der Waals surface area contributed by atoms with Crippen LogP contribution in [0.4, 0.5) is 4.79 Å². The summed E-state index contributed by atoms with van der Waals surface area (Å²) in [7, 11) is 0. The van der Waals surface area contributed by atoms with Gasteiger partial charge in [-0.2, -0.15) is 0 Å². The van der Waals surface area contributed by atoms with Gasteiger partial charge in [-0.3, -0.25) is 9.69 Å². The summed E-state index contributed by atoms with van der Waals surface area (Å²) in [6.45, 7) is 7.99. The minimum absolute atomic E-state index is 0.0481. The Kier molecular flexibility index (Phi) is 5.35. The first-order chi connectivity index (χ1) is 9.23. The molecule has 0 radical (unpaired) electrons. The third-order valence-electron chi connectivity index (χ3n) is 3.14. The van der Waals surface area contributed by atoms with E-state index in [1.807, 2.05) is 27.7 Å². The van der Waals surface area contributed by atoms with Gasteiger partial charge in [0.2, 0.25) is 5.91 Å². The predicted molar refractivity (Wildman–Crippen MR) is 73.2 cm³/mol. The fourth-order valence-corrected chi connectivity index (χ4v) is 2.13. The molecule has 1 heterocycles. The van der Waals surface area contributed by atoms with E-state index in [9.17, 15) is 19.5 Å². The monoisotopic (exact) mass is 285 g/mol. The van der Waals surface area contributed by atoms with Crippen LogP contribution in [0.3, 0.4) is 0 Å². The van der Waals surface area contributed by atoms with Crippen molar-refractivity contribution in [1.29, 1.82) is 0 Å². The molecular weight excluding hydrogens is 262 g/mol. The van der Waals surface area contributed by atoms with E-state index in [0.717, 1.165) is 4.90 Å². The van der Waals surface area contributed by atoms with Crippen molar-refractivity contribution in [2.75, 3.05) is 19.6 Å². The second-order valence-electron chi connectivity index (χ2n) is 5.71. The van der Waals surface area contributed by atoms with Gasteiger partial charge in [-0.15, -0.1) is 0 Å². The molecule has 2 N–H and O–H groups in total. The molecule has 0 bridgehead atoms. The van der Waals surface area contributed by atoms with Crippen molar-refractivity contribution in [2.24, 2.45) is 5.92 Å². The van der Waals surface area contributed by atoms with E-state index in [1.165, 1.54) is 0 Å². The summed E-state index contributed by atoms with van der Waals surface area (Å²) in [5.74, 6) is -1.17. The summed E-state index contributed by atoms with van der Waals surface area (Å²) in [5, 5.41) is 11.7. The number of piperazine rings is 1. The predicted octanol–water partition coefficient (Wildman–Crippen LogP) is 0.358. The number of amides is 3. The second kappa shape index (κ2) is 6.58. The molecule has 114 valence electrons. The summed E-state index contributed by atoms with van der Waals surface area (Å²) < 4.78 is 0. The largest absolute Gasteiger partial charge is 0.480 e. The zero-order valence-electron chi connectivity index (χ0n) is 12.4. The minimum atomic E-state index is -1.10. The Bertz CT molecular complexity index is 395. The molecule has 0 aromatic rings. The Balaban J connectivity index is 2.93. The Morgan fingerprint density at radius 1 is 1.40 bits per heavy atom. The van der Waals surface area contributed by atoms with E-state index < -0.39 is 18.0 Å². The topological polar surface area (TPSA) is 90.0 Å². The number of rotatable bonds is 4. The molecule has 0 aromatic carbocycles. The normalized spacial score (nSPS) is 19.2. The molecular formula is C13H23N3O4. The van der Waals surface area contributed by atoms with Gasteiger partial charge in [0.15, 0.2) is 0 Å². The summed E-state index contributed by atoms with van der Waals surface area (Å²) in [6.07, 6.45) is 0. The van der Waals surface area contributed by atoms with Crippen molar-refractivity contribution in [3.8, 4) is 0 Å². The second-order valence-corrected chi connectivity index (χ2v) is 5.71. The summed E-state index contributed by atoms with van der Waals surface area (Å²) >= 11 is 0. The number of aliphatic carboxylic acids is 1. The number of carbonyl (C=O) groups is 3. The molecule has 1 rings (SSSR count). The average molecular weight is 285 g/mol. The zero-order chi connectivity index (χ0) is 15.4. The molecule has 0 aromatic heterocycles. The summed E-state index contributed by atoms with van der Waals surface area (Å²) in [6, 6.07) is -1.45. The molecule has 1 aliphatic heterocycles. The van der Waals surface area contributed by atoms with Gasteiger partial charge in [0.05, 0.1) is 0 Å². The molecule has 0 spiro atoms. The molecule has 1 unspecified atom stereocenters. The molecule has 3 amide bonds. The van der Waals surface area contributed by atoms with Crippen LogP contribution in [0.2, 0.25) is 0 Å². The van der Waals surface area contributed by atoms with Gasteiger partial charge in [0.25, 0.3) is 0 Å². The lowest BCUT2D eigenvalue weighted by atomic mass is 10.1. The lowest BCUT2D eigenvalue weighted by Gasteiger charge is -2.38. The number of urea groups is 1. The highest BCUT2D eigenvalue weighted by atomic mass is 16.4. The molecule has 1 fully saturated rings. The molecule has 0 aliphatic carbocycles. The van der Waals surface area contributed by atoms with Gasteiger partial charge in [0, 0.05) is 19.1 Å². The van der Waals surface area contributed by atoms with E-state index in [-0.39, 0.29) is 31.0 Å². The average Bonchev–Trinajstić information content (AvgIpc) is 2.34. The highest BCUT2D eigenvalue weighted by Crippen LogP contribution is 2.13. The molecule has 0 saturated carbocycles. The number of carboxylic acids is 1. The van der Waals surface area contributed by atoms with E-state index in [2.05, 4.69) is 5.32 Å². The van der Waals surface area contributed by atoms with Crippen LogP contribution >= 0.6 is 0 Å². The van der Waals surface area contributed by atoms with Gasteiger partial charge in [-0.1, -0.05) is 13.8 Å². The van der Waals surface area contributed by atoms with Gasteiger partial charge < -0.3 is 15.3 Å². The van der Waals surface area contributed by atoms with Gasteiger partial charge >= 0.3 is 12.0 Å². The fourth-order valence-electron chi connectivity index (χ4n) is 2.13. The van der Waals surface area contributed by atoms with Crippen molar-refractivity contribution in [1.82, 2.24) is 15.1 Å². The van der Waals surface area contributed by atoms with Crippen LogP contribution in [-0.2, 0) is 9.59 Å². The third-order valence-corrected chi connectivity index (χ3v) is 3.14. The van der Waals surface area contributed by atoms with Crippen molar-refractivity contribution >= 4 is 17.9 Å². The lowest BCUT2D eigenvalue weighted by Crippen LogP contribution is -2.62. The fraction of sp³-hybridized carbons (Fsp3) is 0.769. The highest BCUT2D eigenvalue weighted by molar-refractivity contribution is 5.90. The minimum Gasteiger partial charge on any atom is -0.480 e. The first kappa shape index (κ1) is 16.3. The van der Waals surface area contributed by atoms with Crippen molar-refractivity contribution < 1.29 is 19.5 Å². The van der Waals surface area contributed by atoms with Crippen LogP contribution in [-0.4, -0.2) is 64.5 Å². The number of nitrogens with zero attached hydrogens (tertiary/aromatic N) is 2. The molecule has 1 aliphatic rings. The van der Waals surface area contributed by atoms with Crippen LogP contribution in [0.1, 0.15) is 27.7 Å². The standard InChI is InChI=1S/C13H23N3O4/c1-8(2)6-15(9(3)4)13(20)16-7-11(17)14-5-10(16)12(18)19/h8-10H,5-7H2,1-4H3,(H,14,17)(H,18,19). The molecule has 7 nitrogen and oxygen atoms in total. The maximum atomic E-state index is 12.5. The molecule has 20 heavy (non-hydrogen) atoms. The van der Waals surface area contributed by atoms with Crippen molar-refractivity contribution in [3.63, 3.8) is 0 Å². The maximum absolute atomic E-state index is 12.5.